The summed E-state index contributed by atoms with van der Waals surface area (Å²) in [6.07, 6.45) is 2.29. The molecule has 1 amide bonds. The van der Waals surface area contributed by atoms with Gasteiger partial charge in [0.05, 0.1) is 16.1 Å². The SMILES string of the molecule is O=C(Nc1n[nH]c(-c2ccc(O)c(Cl)c2)n1)c1ccc2c(c1)[nH]c(=O)n2CC1CC1. The summed E-state index contributed by atoms with van der Waals surface area (Å²) in [5, 5.41) is 19.1. The molecule has 0 radical (unpaired) electrons. The number of aromatic hydroxyl groups is 1. The van der Waals surface area contributed by atoms with E-state index < -0.39 is 5.91 Å². The van der Waals surface area contributed by atoms with Crippen molar-refractivity contribution < 1.29 is 9.90 Å². The highest BCUT2D eigenvalue weighted by Gasteiger charge is 2.23. The lowest BCUT2D eigenvalue weighted by Crippen LogP contribution is -2.17. The first-order chi connectivity index (χ1) is 14.5. The molecule has 0 bridgehead atoms. The number of amides is 1. The Labute approximate surface area is 174 Å². The van der Waals surface area contributed by atoms with E-state index in [1.54, 1.807) is 34.9 Å². The number of nitrogens with zero attached hydrogens (tertiary/aromatic N) is 3. The molecule has 10 heteroatoms. The van der Waals surface area contributed by atoms with Crippen molar-refractivity contribution in [3.8, 4) is 17.1 Å². The molecular weight excluding hydrogens is 408 g/mol. The molecular formula is C20H17ClN6O3. The Morgan fingerprint density at radius 1 is 1.27 bits per heavy atom. The smallest absolute Gasteiger partial charge is 0.326 e. The monoisotopic (exact) mass is 424 g/mol. The van der Waals surface area contributed by atoms with Gasteiger partial charge in [-0.05, 0) is 55.2 Å². The number of H-pyrrole nitrogens is 2. The van der Waals surface area contributed by atoms with Crippen molar-refractivity contribution in [2.45, 2.75) is 19.4 Å². The summed E-state index contributed by atoms with van der Waals surface area (Å²) < 4.78 is 1.72. The number of phenols is 1. The quantitative estimate of drug-likeness (QED) is 0.391. The molecule has 2 aromatic heterocycles. The van der Waals surface area contributed by atoms with E-state index in [1.807, 2.05) is 0 Å². The molecule has 0 unspecified atom stereocenters. The summed E-state index contributed by atoms with van der Waals surface area (Å²) in [7, 11) is 0. The molecule has 2 heterocycles. The zero-order chi connectivity index (χ0) is 20.8. The van der Waals surface area contributed by atoms with E-state index in [9.17, 15) is 14.7 Å². The molecule has 5 rings (SSSR count). The van der Waals surface area contributed by atoms with Crippen LogP contribution in [0.15, 0.2) is 41.2 Å². The topological polar surface area (TPSA) is 129 Å². The fraction of sp³-hybridized carbons (Fsp3) is 0.200. The highest BCUT2D eigenvalue weighted by atomic mass is 35.5. The molecule has 9 nitrogen and oxygen atoms in total. The number of anilines is 1. The molecule has 4 aromatic rings. The molecule has 0 spiro atoms. The molecule has 0 saturated heterocycles. The normalized spacial score (nSPS) is 13.6. The zero-order valence-corrected chi connectivity index (χ0v) is 16.4. The molecule has 2 aromatic carbocycles. The fourth-order valence-corrected chi connectivity index (χ4v) is 3.50. The van der Waals surface area contributed by atoms with Crippen molar-refractivity contribution in [1.82, 2.24) is 24.7 Å². The summed E-state index contributed by atoms with van der Waals surface area (Å²) >= 11 is 5.92. The lowest BCUT2D eigenvalue weighted by Gasteiger charge is -2.03. The number of hydrogen-bond acceptors (Lipinski definition) is 5. The number of hydrogen-bond donors (Lipinski definition) is 4. The van der Waals surface area contributed by atoms with Crippen LogP contribution in [-0.4, -0.2) is 35.7 Å². The average Bonchev–Trinajstić information content (AvgIpc) is 3.34. The van der Waals surface area contributed by atoms with Gasteiger partial charge in [0.15, 0.2) is 5.82 Å². The van der Waals surface area contributed by atoms with E-state index in [0.29, 0.717) is 34.9 Å². The molecule has 0 atom stereocenters. The third kappa shape index (κ3) is 3.43. The Kier molecular flexibility index (Phi) is 4.32. The highest BCUT2D eigenvalue weighted by Crippen LogP contribution is 2.31. The molecule has 4 N–H and O–H groups in total. The maximum absolute atomic E-state index is 12.6. The predicted octanol–water partition coefficient (Wildman–Crippen LogP) is 3.14. The van der Waals surface area contributed by atoms with Gasteiger partial charge >= 0.3 is 5.69 Å². The first-order valence-electron chi connectivity index (χ1n) is 9.43. The third-order valence-corrected chi connectivity index (χ3v) is 5.41. The van der Waals surface area contributed by atoms with Crippen molar-refractivity contribution in [2.24, 2.45) is 5.92 Å². The number of imidazole rings is 1. The number of benzene rings is 2. The average molecular weight is 425 g/mol. The molecule has 1 fully saturated rings. The van der Waals surface area contributed by atoms with E-state index in [1.165, 1.54) is 6.07 Å². The highest BCUT2D eigenvalue weighted by molar-refractivity contribution is 6.32. The van der Waals surface area contributed by atoms with Crippen molar-refractivity contribution in [1.29, 1.82) is 0 Å². The maximum atomic E-state index is 12.6. The van der Waals surface area contributed by atoms with Crippen LogP contribution in [0, 0.1) is 5.92 Å². The Hall–Kier alpha value is -3.59. The number of nitrogens with one attached hydrogen (secondary N) is 3. The van der Waals surface area contributed by atoms with E-state index >= 15 is 0 Å². The largest absolute Gasteiger partial charge is 0.506 e. The van der Waals surface area contributed by atoms with Crippen molar-refractivity contribution >= 4 is 34.5 Å². The lowest BCUT2D eigenvalue weighted by atomic mass is 10.2. The number of fused-ring (bicyclic) bond motifs is 1. The Bertz CT molecular complexity index is 1330. The zero-order valence-electron chi connectivity index (χ0n) is 15.6. The number of aromatic nitrogens is 5. The summed E-state index contributed by atoms with van der Waals surface area (Å²) in [6, 6.07) is 9.70. The van der Waals surface area contributed by atoms with E-state index in [2.05, 4.69) is 25.5 Å². The summed E-state index contributed by atoms with van der Waals surface area (Å²) in [6.45, 7) is 0.700. The van der Waals surface area contributed by atoms with Gasteiger partial charge in [-0.15, -0.1) is 5.10 Å². The molecule has 30 heavy (non-hydrogen) atoms. The predicted molar refractivity (Wildman–Crippen MR) is 112 cm³/mol. The van der Waals surface area contributed by atoms with Crippen LogP contribution in [-0.2, 0) is 6.54 Å². The maximum Gasteiger partial charge on any atom is 0.326 e. The summed E-state index contributed by atoms with van der Waals surface area (Å²) in [5.41, 5.74) is 2.22. The number of rotatable bonds is 5. The number of aromatic amines is 2. The minimum atomic E-state index is -0.401. The van der Waals surface area contributed by atoms with Crippen LogP contribution in [0.3, 0.4) is 0 Å². The van der Waals surface area contributed by atoms with Crippen LogP contribution in [0.2, 0.25) is 5.02 Å². The Balaban J connectivity index is 1.36. The van der Waals surface area contributed by atoms with Gasteiger partial charge < -0.3 is 10.1 Å². The van der Waals surface area contributed by atoms with Gasteiger partial charge in [-0.3, -0.25) is 19.8 Å². The molecule has 1 aliphatic carbocycles. The minimum Gasteiger partial charge on any atom is -0.506 e. The van der Waals surface area contributed by atoms with Crippen LogP contribution in [0.25, 0.3) is 22.4 Å². The van der Waals surface area contributed by atoms with Gasteiger partial charge in [0.2, 0.25) is 5.95 Å². The third-order valence-electron chi connectivity index (χ3n) is 5.11. The van der Waals surface area contributed by atoms with E-state index in [0.717, 1.165) is 18.4 Å². The minimum absolute atomic E-state index is 0.0344. The first-order valence-corrected chi connectivity index (χ1v) is 9.81. The van der Waals surface area contributed by atoms with Gasteiger partial charge in [-0.1, -0.05) is 11.6 Å². The van der Waals surface area contributed by atoms with Crippen molar-refractivity contribution in [3.63, 3.8) is 0 Å². The van der Waals surface area contributed by atoms with Crippen LogP contribution in [0.4, 0.5) is 5.95 Å². The van der Waals surface area contributed by atoms with Gasteiger partial charge in [0, 0.05) is 17.7 Å². The van der Waals surface area contributed by atoms with E-state index in [4.69, 9.17) is 11.6 Å². The fourth-order valence-electron chi connectivity index (χ4n) is 3.32. The van der Waals surface area contributed by atoms with Crippen LogP contribution in [0.5, 0.6) is 5.75 Å². The number of carbonyl (C=O) groups is 1. The molecule has 0 aliphatic heterocycles. The number of halogens is 1. The van der Waals surface area contributed by atoms with Gasteiger partial charge in [-0.2, -0.15) is 4.98 Å². The van der Waals surface area contributed by atoms with Gasteiger partial charge in [0.25, 0.3) is 5.91 Å². The first kappa shape index (κ1) is 18.4. The van der Waals surface area contributed by atoms with Crippen molar-refractivity contribution in [2.75, 3.05) is 5.32 Å². The second kappa shape index (κ2) is 7.03. The Morgan fingerprint density at radius 2 is 2.10 bits per heavy atom. The van der Waals surface area contributed by atoms with Crippen LogP contribution < -0.4 is 11.0 Å². The standard InChI is InChI=1S/C20H17ClN6O3/c21-13-7-11(4-6-16(13)28)17-23-19(26-25-17)24-18(29)12-3-5-15-14(8-12)22-20(30)27(15)9-10-1-2-10/h3-8,10,28H,1-2,9H2,(H,22,30)(H2,23,24,25,26,29). The van der Waals surface area contributed by atoms with E-state index in [-0.39, 0.29) is 22.4 Å². The number of carbonyl (C=O) groups excluding carboxylic acids is 1. The lowest BCUT2D eigenvalue weighted by molar-refractivity contribution is 0.102. The summed E-state index contributed by atoms with van der Waals surface area (Å²) in [4.78, 5) is 31.9. The second-order valence-electron chi connectivity index (χ2n) is 7.34. The summed E-state index contributed by atoms with van der Waals surface area (Å²) in [5.74, 6) is 0.617. The molecule has 1 aliphatic rings. The Morgan fingerprint density at radius 3 is 2.87 bits per heavy atom. The van der Waals surface area contributed by atoms with Crippen molar-refractivity contribution in [3.05, 3.63) is 57.5 Å². The van der Waals surface area contributed by atoms with Gasteiger partial charge in [-0.25, -0.2) is 4.79 Å². The van der Waals surface area contributed by atoms with Gasteiger partial charge in [0.1, 0.15) is 5.75 Å². The molecule has 1 saturated carbocycles. The second-order valence-corrected chi connectivity index (χ2v) is 7.75. The van der Waals surface area contributed by atoms with Crippen LogP contribution >= 0.6 is 11.6 Å². The number of phenolic OH excluding ortho intramolecular Hbond substituents is 1. The molecule has 152 valence electrons. The van der Waals surface area contributed by atoms with Crippen LogP contribution in [0.1, 0.15) is 23.2 Å².